The number of aryl methyl sites for hydroxylation is 1. The molecule has 1 amide bonds. The van der Waals surface area contributed by atoms with Gasteiger partial charge in [0.2, 0.25) is 5.91 Å². The number of hydrogen-bond donors (Lipinski definition) is 1. The highest BCUT2D eigenvalue weighted by molar-refractivity contribution is 7.98. The van der Waals surface area contributed by atoms with Crippen LogP contribution in [0.1, 0.15) is 11.3 Å². The molecule has 2 aromatic heterocycles. The van der Waals surface area contributed by atoms with E-state index in [0.29, 0.717) is 17.4 Å². The number of benzene rings is 1. The Hall–Kier alpha value is -2.87. The predicted octanol–water partition coefficient (Wildman–Crippen LogP) is 3.14. The van der Waals surface area contributed by atoms with Crippen molar-refractivity contribution in [2.24, 2.45) is 0 Å². The molecule has 0 aliphatic carbocycles. The standard InChI is InChI=1S/C18H19N5O2S/c1-13-8-15(22-25-13)20-17(24)11-23(2)16-9-19-10-18(21-16)26-12-14-6-4-3-5-7-14/h3-10H,11-12H2,1-2H3,(H,20,22,24). The summed E-state index contributed by atoms with van der Waals surface area (Å²) in [4.78, 5) is 22.6. The fraction of sp³-hybridized carbons (Fsp3) is 0.222. The molecular weight excluding hydrogens is 350 g/mol. The second kappa shape index (κ2) is 8.48. The minimum atomic E-state index is -0.204. The molecule has 0 atom stereocenters. The summed E-state index contributed by atoms with van der Waals surface area (Å²) >= 11 is 1.61. The molecule has 8 heteroatoms. The Labute approximate surface area is 155 Å². The van der Waals surface area contributed by atoms with Crippen LogP contribution in [-0.2, 0) is 10.5 Å². The highest BCUT2D eigenvalue weighted by Crippen LogP contribution is 2.22. The van der Waals surface area contributed by atoms with Gasteiger partial charge in [-0.1, -0.05) is 35.5 Å². The molecule has 2 heterocycles. The maximum absolute atomic E-state index is 12.1. The van der Waals surface area contributed by atoms with Gasteiger partial charge in [-0.2, -0.15) is 0 Å². The minimum Gasteiger partial charge on any atom is -0.360 e. The lowest BCUT2D eigenvalue weighted by molar-refractivity contribution is -0.115. The van der Waals surface area contributed by atoms with E-state index < -0.39 is 0 Å². The van der Waals surface area contributed by atoms with Gasteiger partial charge in [-0.3, -0.25) is 9.78 Å². The van der Waals surface area contributed by atoms with Crippen molar-refractivity contribution in [2.45, 2.75) is 17.7 Å². The molecule has 134 valence electrons. The molecule has 0 saturated heterocycles. The van der Waals surface area contributed by atoms with Gasteiger partial charge in [0.05, 0.1) is 18.9 Å². The van der Waals surface area contributed by atoms with Crippen LogP contribution >= 0.6 is 11.8 Å². The fourth-order valence-corrected chi connectivity index (χ4v) is 3.03. The Morgan fingerprint density at radius 3 is 2.81 bits per heavy atom. The van der Waals surface area contributed by atoms with Crippen LogP contribution in [0.5, 0.6) is 0 Å². The Morgan fingerprint density at radius 1 is 1.27 bits per heavy atom. The van der Waals surface area contributed by atoms with Gasteiger partial charge in [0.25, 0.3) is 0 Å². The molecule has 3 aromatic rings. The lowest BCUT2D eigenvalue weighted by Gasteiger charge is -2.17. The molecule has 26 heavy (non-hydrogen) atoms. The summed E-state index contributed by atoms with van der Waals surface area (Å²) in [7, 11) is 1.79. The maximum atomic E-state index is 12.1. The van der Waals surface area contributed by atoms with Crippen LogP contribution in [-0.4, -0.2) is 34.6 Å². The van der Waals surface area contributed by atoms with Crippen molar-refractivity contribution in [3.05, 3.63) is 60.1 Å². The van der Waals surface area contributed by atoms with Crippen molar-refractivity contribution < 1.29 is 9.32 Å². The largest absolute Gasteiger partial charge is 0.360 e. The fourth-order valence-electron chi connectivity index (χ4n) is 2.23. The maximum Gasteiger partial charge on any atom is 0.245 e. The molecule has 0 aliphatic rings. The number of nitrogens with one attached hydrogen (secondary N) is 1. The molecule has 0 saturated carbocycles. The smallest absolute Gasteiger partial charge is 0.245 e. The number of rotatable bonds is 7. The summed E-state index contributed by atoms with van der Waals surface area (Å²) in [5.41, 5.74) is 1.22. The summed E-state index contributed by atoms with van der Waals surface area (Å²) in [5.74, 6) is 2.29. The average molecular weight is 369 g/mol. The number of carbonyl (C=O) groups excluding carboxylic acids is 1. The molecule has 0 radical (unpaired) electrons. The van der Waals surface area contributed by atoms with E-state index in [-0.39, 0.29) is 12.5 Å². The van der Waals surface area contributed by atoms with Gasteiger partial charge in [-0.25, -0.2) is 4.98 Å². The van der Waals surface area contributed by atoms with Crippen molar-refractivity contribution in [1.29, 1.82) is 0 Å². The summed E-state index contributed by atoms with van der Waals surface area (Å²) in [6.07, 6.45) is 3.36. The van der Waals surface area contributed by atoms with Crippen LogP contribution in [0.4, 0.5) is 11.6 Å². The molecule has 0 unspecified atom stereocenters. The number of carbonyl (C=O) groups is 1. The average Bonchev–Trinajstić information content (AvgIpc) is 3.05. The monoisotopic (exact) mass is 369 g/mol. The van der Waals surface area contributed by atoms with Gasteiger partial charge in [0, 0.05) is 18.9 Å². The highest BCUT2D eigenvalue weighted by atomic mass is 32.2. The first kappa shape index (κ1) is 17.9. The van der Waals surface area contributed by atoms with E-state index in [4.69, 9.17) is 4.52 Å². The molecule has 3 rings (SSSR count). The zero-order valence-corrected chi connectivity index (χ0v) is 15.4. The number of nitrogens with zero attached hydrogens (tertiary/aromatic N) is 4. The van der Waals surface area contributed by atoms with Gasteiger partial charge in [0.15, 0.2) is 5.82 Å². The van der Waals surface area contributed by atoms with Crippen LogP contribution in [0.3, 0.4) is 0 Å². The molecule has 0 aliphatic heterocycles. The van der Waals surface area contributed by atoms with E-state index in [1.54, 1.807) is 49.1 Å². The van der Waals surface area contributed by atoms with E-state index in [1.165, 1.54) is 5.56 Å². The van der Waals surface area contributed by atoms with Gasteiger partial charge in [-0.05, 0) is 12.5 Å². The normalized spacial score (nSPS) is 10.5. The number of amides is 1. The van der Waals surface area contributed by atoms with Crippen molar-refractivity contribution >= 4 is 29.3 Å². The SMILES string of the molecule is Cc1cc(NC(=O)CN(C)c2cncc(SCc3ccccc3)n2)no1. The van der Waals surface area contributed by atoms with E-state index in [2.05, 4.69) is 32.6 Å². The lowest BCUT2D eigenvalue weighted by atomic mass is 10.2. The van der Waals surface area contributed by atoms with Crippen LogP contribution < -0.4 is 10.2 Å². The van der Waals surface area contributed by atoms with Crippen LogP contribution in [0.2, 0.25) is 0 Å². The summed E-state index contributed by atoms with van der Waals surface area (Å²) < 4.78 is 4.93. The van der Waals surface area contributed by atoms with E-state index in [0.717, 1.165) is 10.8 Å². The first-order valence-corrected chi connectivity index (χ1v) is 9.02. The van der Waals surface area contributed by atoms with Crippen molar-refractivity contribution in [3.8, 4) is 0 Å². The topological polar surface area (TPSA) is 84.2 Å². The Morgan fingerprint density at radius 2 is 2.08 bits per heavy atom. The van der Waals surface area contributed by atoms with Crippen LogP contribution in [0.25, 0.3) is 0 Å². The molecule has 0 bridgehead atoms. The Balaban J connectivity index is 1.57. The van der Waals surface area contributed by atoms with Crippen LogP contribution in [0, 0.1) is 6.92 Å². The molecule has 0 spiro atoms. The molecule has 1 aromatic carbocycles. The van der Waals surface area contributed by atoms with Crippen molar-refractivity contribution in [3.63, 3.8) is 0 Å². The highest BCUT2D eigenvalue weighted by Gasteiger charge is 2.12. The van der Waals surface area contributed by atoms with E-state index in [9.17, 15) is 4.79 Å². The number of thioether (sulfide) groups is 1. The third-order valence-corrected chi connectivity index (χ3v) is 4.47. The Kier molecular flexibility index (Phi) is 5.85. The first-order valence-electron chi connectivity index (χ1n) is 8.03. The molecule has 7 nitrogen and oxygen atoms in total. The van der Waals surface area contributed by atoms with Crippen molar-refractivity contribution in [2.75, 3.05) is 23.8 Å². The predicted molar refractivity (Wildman–Crippen MR) is 101 cm³/mol. The minimum absolute atomic E-state index is 0.132. The van der Waals surface area contributed by atoms with Crippen LogP contribution in [0.15, 0.2) is 58.3 Å². The quantitative estimate of drug-likeness (QED) is 0.641. The second-order valence-corrected chi connectivity index (χ2v) is 6.71. The number of hydrogen-bond acceptors (Lipinski definition) is 7. The van der Waals surface area contributed by atoms with Gasteiger partial charge in [0.1, 0.15) is 16.6 Å². The third kappa shape index (κ3) is 5.06. The molecule has 0 fully saturated rings. The lowest BCUT2D eigenvalue weighted by Crippen LogP contribution is -2.30. The third-order valence-electron chi connectivity index (χ3n) is 3.50. The molecular formula is C18H19N5O2S. The van der Waals surface area contributed by atoms with Gasteiger partial charge >= 0.3 is 0 Å². The first-order chi connectivity index (χ1) is 12.6. The molecule has 1 N–H and O–H groups in total. The summed E-state index contributed by atoms with van der Waals surface area (Å²) in [6.45, 7) is 1.90. The summed E-state index contributed by atoms with van der Waals surface area (Å²) in [6, 6.07) is 11.8. The van der Waals surface area contributed by atoms with E-state index >= 15 is 0 Å². The number of aromatic nitrogens is 3. The zero-order chi connectivity index (χ0) is 18.4. The van der Waals surface area contributed by atoms with Crippen molar-refractivity contribution in [1.82, 2.24) is 15.1 Å². The van der Waals surface area contributed by atoms with Gasteiger partial charge < -0.3 is 14.7 Å². The number of anilines is 2. The van der Waals surface area contributed by atoms with Gasteiger partial charge in [-0.15, -0.1) is 11.8 Å². The number of likely N-dealkylation sites (N-methyl/N-ethyl adjacent to an activating group) is 1. The zero-order valence-electron chi connectivity index (χ0n) is 14.5. The second-order valence-electron chi connectivity index (χ2n) is 5.72. The van der Waals surface area contributed by atoms with E-state index in [1.807, 2.05) is 18.2 Å². The summed E-state index contributed by atoms with van der Waals surface area (Å²) in [5, 5.41) is 7.24. The Bertz CT molecular complexity index is 869.